The van der Waals surface area contributed by atoms with Crippen LogP contribution in [0.1, 0.15) is 11.3 Å². The maximum Gasteiger partial charge on any atom is 0.417 e. The van der Waals surface area contributed by atoms with E-state index in [0.29, 0.717) is 30.8 Å². The number of carbonyl (C=O) groups is 1. The molecule has 33 heavy (non-hydrogen) atoms. The number of imidazole rings is 1. The van der Waals surface area contributed by atoms with Crippen LogP contribution >= 0.6 is 0 Å². The number of hydrogen-bond acceptors (Lipinski definition) is 6. The number of amides is 1. The van der Waals surface area contributed by atoms with Gasteiger partial charge in [0.05, 0.1) is 11.9 Å². The number of benzene rings is 1. The molecule has 1 saturated heterocycles. The van der Waals surface area contributed by atoms with Crippen molar-refractivity contribution in [3.8, 4) is 17.4 Å². The number of aromatic nitrogens is 3. The molecule has 1 aromatic carbocycles. The van der Waals surface area contributed by atoms with Crippen molar-refractivity contribution in [1.82, 2.24) is 24.8 Å². The summed E-state index contributed by atoms with van der Waals surface area (Å²) < 4.78 is 48.7. The zero-order valence-electron chi connectivity index (χ0n) is 17.6. The Morgan fingerprint density at radius 2 is 1.73 bits per heavy atom. The molecule has 1 N–H and O–H groups in total. The van der Waals surface area contributed by atoms with E-state index in [1.165, 1.54) is 0 Å². The van der Waals surface area contributed by atoms with E-state index in [-0.39, 0.29) is 5.88 Å². The minimum Gasteiger partial charge on any atom is -0.439 e. The summed E-state index contributed by atoms with van der Waals surface area (Å²) in [7, 11) is 0. The van der Waals surface area contributed by atoms with Crippen LogP contribution in [0.15, 0.2) is 55.1 Å². The van der Waals surface area contributed by atoms with Crippen LogP contribution in [-0.2, 0) is 12.6 Å². The first kappa shape index (κ1) is 22.6. The Balaban J connectivity index is 1.23. The number of aromatic amines is 1. The molecule has 174 valence electrons. The highest BCUT2D eigenvalue weighted by Crippen LogP contribution is 2.30. The molecule has 1 fully saturated rings. The van der Waals surface area contributed by atoms with Crippen molar-refractivity contribution in [1.29, 1.82) is 0 Å². The van der Waals surface area contributed by atoms with E-state index in [1.54, 1.807) is 35.5 Å². The Morgan fingerprint density at radius 1 is 1.00 bits per heavy atom. The van der Waals surface area contributed by atoms with E-state index in [1.807, 2.05) is 6.20 Å². The van der Waals surface area contributed by atoms with Gasteiger partial charge in [0.15, 0.2) is 0 Å². The van der Waals surface area contributed by atoms with Crippen molar-refractivity contribution in [3.63, 3.8) is 0 Å². The predicted molar refractivity (Wildman–Crippen MR) is 112 cm³/mol. The minimum absolute atomic E-state index is 0.0261. The Labute approximate surface area is 188 Å². The Kier molecular flexibility index (Phi) is 6.78. The Bertz CT molecular complexity index is 1030. The van der Waals surface area contributed by atoms with Gasteiger partial charge >= 0.3 is 12.3 Å². The number of rotatable bonds is 6. The summed E-state index contributed by atoms with van der Waals surface area (Å²) in [6, 6.07) is 8.25. The molecule has 0 saturated carbocycles. The lowest BCUT2D eigenvalue weighted by atomic mass is 10.2. The van der Waals surface area contributed by atoms with Gasteiger partial charge in [0, 0.05) is 63.3 Å². The minimum atomic E-state index is -4.45. The number of ether oxygens (including phenoxy) is 2. The van der Waals surface area contributed by atoms with E-state index in [2.05, 4.69) is 19.9 Å². The molecule has 0 spiro atoms. The molecule has 1 amide bonds. The molecule has 3 heterocycles. The fourth-order valence-corrected chi connectivity index (χ4v) is 3.32. The van der Waals surface area contributed by atoms with Crippen LogP contribution in [0.2, 0.25) is 0 Å². The summed E-state index contributed by atoms with van der Waals surface area (Å²) >= 11 is 0. The maximum absolute atomic E-state index is 12.6. The Morgan fingerprint density at radius 3 is 2.33 bits per heavy atom. The second kappa shape index (κ2) is 9.90. The van der Waals surface area contributed by atoms with Gasteiger partial charge in [-0.1, -0.05) is 0 Å². The molecule has 4 rings (SSSR count). The van der Waals surface area contributed by atoms with E-state index < -0.39 is 17.8 Å². The highest BCUT2D eigenvalue weighted by molar-refractivity contribution is 5.70. The molecular formula is C22H22F3N5O3. The zero-order chi connectivity index (χ0) is 23.3. The number of H-pyrrole nitrogens is 1. The van der Waals surface area contributed by atoms with Gasteiger partial charge in [-0.25, -0.2) is 14.8 Å². The molecule has 0 aliphatic carbocycles. The average molecular weight is 461 g/mol. The van der Waals surface area contributed by atoms with Crippen molar-refractivity contribution in [2.45, 2.75) is 12.6 Å². The smallest absolute Gasteiger partial charge is 0.417 e. The number of nitrogens with zero attached hydrogens (tertiary/aromatic N) is 4. The van der Waals surface area contributed by atoms with E-state index in [4.69, 9.17) is 9.47 Å². The standard InChI is InChI=1S/C22H22F3N5O3/c23-22(24,25)16-1-6-20(27-13-16)32-18-2-4-19(5-3-18)33-21(31)30-11-9-29(10-12-30)8-7-17-14-26-15-28-17/h1-6,13-15H,7-12H2,(H,26,28). The van der Waals surface area contributed by atoms with Crippen LogP contribution in [0.5, 0.6) is 17.4 Å². The SMILES string of the molecule is O=C(Oc1ccc(Oc2ccc(C(F)(F)F)cn2)cc1)N1CCN(CCc2cnc[nH]2)CC1. The number of alkyl halides is 3. The summed E-state index contributed by atoms with van der Waals surface area (Å²) in [6.07, 6.45) is 0.173. The van der Waals surface area contributed by atoms with Gasteiger partial charge < -0.3 is 19.4 Å². The van der Waals surface area contributed by atoms with E-state index >= 15 is 0 Å². The average Bonchev–Trinajstić information content (AvgIpc) is 3.33. The number of halogens is 3. The summed E-state index contributed by atoms with van der Waals surface area (Å²) in [5, 5.41) is 0. The number of carbonyl (C=O) groups excluding carboxylic acids is 1. The first-order valence-corrected chi connectivity index (χ1v) is 10.3. The number of nitrogens with one attached hydrogen (secondary N) is 1. The maximum atomic E-state index is 12.6. The number of hydrogen-bond donors (Lipinski definition) is 1. The summed E-state index contributed by atoms with van der Waals surface area (Å²) in [5.74, 6) is 0.723. The van der Waals surface area contributed by atoms with E-state index in [9.17, 15) is 18.0 Å². The molecule has 1 aliphatic rings. The molecule has 8 nitrogen and oxygen atoms in total. The number of piperazine rings is 1. The molecule has 1 aliphatic heterocycles. The van der Waals surface area contributed by atoms with Gasteiger partial charge in [-0.2, -0.15) is 13.2 Å². The largest absolute Gasteiger partial charge is 0.439 e. The zero-order valence-corrected chi connectivity index (χ0v) is 17.6. The second-order valence-corrected chi connectivity index (χ2v) is 7.48. The third-order valence-corrected chi connectivity index (χ3v) is 5.20. The van der Waals surface area contributed by atoms with Gasteiger partial charge in [0.25, 0.3) is 0 Å². The van der Waals surface area contributed by atoms with Crippen LogP contribution in [0.4, 0.5) is 18.0 Å². The van der Waals surface area contributed by atoms with Crippen molar-refractivity contribution in [2.24, 2.45) is 0 Å². The third kappa shape index (κ3) is 6.22. The first-order chi connectivity index (χ1) is 15.9. The van der Waals surface area contributed by atoms with Crippen LogP contribution in [0.3, 0.4) is 0 Å². The quantitative estimate of drug-likeness (QED) is 0.598. The van der Waals surface area contributed by atoms with Crippen LogP contribution in [-0.4, -0.2) is 63.6 Å². The molecular weight excluding hydrogens is 439 g/mol. The molecule has 11 heteroatoms. The molecule has 0 atom stereocenters. The second-order valence-electron chi connectivity index (χ2n) is 7.48. The molecule has 0 unspecified atom stereocenters. The molecule has 0 radical (unpaired) electrons. The highest BCUT2D eigenvalue weighted by Gasteiger charge is 2.30. The van der Waals surface area contributed by atoms with Crippen LogP contribution in [0, 0.1) is 0 Å². The van der Waals surface area contributed by atoms with E-state index in [0.717, 1.165) is 43.9 Å². The fourth-order valence-electron chi connectivity index (χ4n) is 3.32. The van der Waals surface area contributed by atoms with Crippen molar-refractivity contribution in [2.75, 3.05) is 32.7 Å². The molecule has 0 bridgehead atoms. The fraction of sp³-hybridized carbons (Fsp3) is 0.318. The van der Waals surface area contributed by atoms with Gasteiger partial charge in [0.2, 0.25) is 5.88 Å². The van der Waals surface area contributed by atoms with Gasteiger partial charge in [-0.3, -0.25) is 4.90 Å². The summed E-state index contributed by atoms with van der Waals surface area (Å²) in [4.78, 5) is 27.1. The molecule has 3 aromatic rings. The monoisotopic (exact) mass is 461 g/mol. The summed E-state index contributed by atoms with van der Waals surface area (Å²) in [5.41, 5.74) is 0.231. The first-order valence-electron chi connectivity index (χ1n) is 10.3. The van der Waals surface area contributed by atoms with Gasteiger partial charge in [-0.05, 0) is 30.3 Å². The topological polar surface area (TPSA) is 83.6 Å². The summed E-state index contributed by atoms with van der Waals surface area (Å²) in [6.45, 7) is 3.55. The highest BCUT2D eigenvalue weighted by atomic mass is 19.4. The Hall–Kier alpha value is -3.60. The van der Waals surface area contributed by atoms with Gasteiger partial charge in [-0.15, -0.1) is 0 Å². The lowest BCUT2D eigenvalue weighted by molar-refractivity contribution is -0.137. The van der Waals surface area contributed by atoms with Gasteiger partial charge in [0.1, 0.15) is 11.5 Å². The normalized spacial score (nSPS) is 14.8. The molecule has 2 aromatic heterocycles. The van der Waals surface area contributed by atoms with Crippen LogP contribution in [0.25, 0.3) is 0 Å². The third-order valence-electron chi connectivity index (χ3n) is 5.20. The van der Waals surface area contributed by atoms with Crippen molar-refractivity contribution >= 4 is 6.09 Å². The van der Waals surface area contributed by atoms with Crippen molar-refractivity contribution < 1.29 is 27.4 Å². The number of pyridine rings is 1. The predicted octanol–water partition coefficient (Wildman–Crippen LogP) is 3.97. The van der Waals surface area contributed by atoms with Crippen molar-refractivity contribution in [3.05, 3.63) is 66.4 Å². The van der Waals surface area contributed by atoms with Crippen LogP contribution < -0.4 is 9.47 Å². The lowest BCUT2D eigenvalue weighted by Gasteiger charge is -2.33. The lowest BCUT2D eigenvalue weighted by Crippen LogP contribution is -2.49.